The molecule has 1 heterocycles. The summed E-state index contributed by atoms with van der Waals surface area (Å²) in [5.41, 5.74) is 1.52. The lowest BCUT2D eigenvalue weighted by Crippen LogP contribution is -2.47. The van der Waals surface area contributed by atoms with Crippen molar-refractivity contribution in [3.05, 3.63) is 35.4 Å². The zero-order chi connectivity index (χ0) is 15.9. The highest BCUT2D eigenvalue weighted by Gasteiger charge is 2.19. The Labute approximate surface area is 134 Å². The van der Waals surface area contributed by atoms with Crippen molar-refractivity contribution in [3.8, 4) is 6.07 Å². The molecule has 1 atom stereocenters. The summed E-state index contributed by atoms with van der Waals surface area (Å²) in [6.45, 7) is 10.6. The first kappa shape index (κ1) is 17.0. The van der Waals surface area contributed by atoms with E-state index in [4.69, 9.17) is 5.26 Å². The normalized spacial score (nSPS) is 18.3. The average Bonchev–Trinajstić information content (AvgIpc) is 2.54. The molecular weight excluding hydrogens is 274 g/mol. The van der Waals surface area contributed by atoms with Crippen molar-refractivity contribution in [1.29, 1.82) is 5.26 Å². The summed E-state index contributed by atoms with van der Waals surface area (Å²) in [6.07, 6.45) is 0.781. The van der Waals surface area contributed by atoms with Crippen molar-refractivity contribution in [2.24, 2.45) is 5.92 Å². The average molecular weight is 301 g/mol. The number of hydrogen-bond donors (Lipinski definition) is 1. The molecule has 0 spiro atoms. The highest BCUT2D eigenvalue weighted by atomic mass is 16.3. The minimum Gasteiger partial charge on any atom is -0.387 e. The number of β-amino-alcohol motifs (C(OH)–C–C–N with tert-alkyl or cyclic N) is 1. The summed E-state index contributed by atoms with van der Waals surface area (Å²) in [7, 11) is 0. The maximum absolute atomic E-state index is 10.3. The second kappa shape index (κ2) is 8.28. The lowest BCUT2D eigenvalue weighted by atomic mass is 10.1. The maximum Gasteiger partial charge on any atom is 0.0991 e. The minimum absolute atomic E-state index is 0.477. The van der Waals surface area contributed by atoms with Gasteiger partial charge in [-0.25, -0.2) is 0 Å². The van der Waals surface area contributed by atoms with Gasteiger partial charge in [0.15, 0.2) is 0 Å². The molecule has 0 aliphatic carbocycles. The van der Waals surface area contributed by atoms with Gasteiger partial charge in [-0.2, -0.15) is 5.26 Å². The van der Waals surface area contributed by atoms with Crippen molar-refractivity contribution in [2.75, 3.05) is 39.3 Å². The van der Waals surface area contributed by atoms with Crippen LogP contribution in [0.2, 0.25) is 0 Å². The molecule has 1 saturated heterocycles. The van der Waals surface area contributed by atoms with E-state index in [9.17, 15) is 5.11 Å². The third kappa shape index (κ3) is 5.10. The van der Waals surface area contributed by atoms with Crippen LogP contribution in [0.1, 0.15) is 37.5 Å². The van der Waals surface area contributed by atoms with Gasteiger partial charge in [0.1, 0.15) is 0 Å². The Balaban J connectivity index is 1.76. The van der Waals surface area contributed by atoms with Crippen LogP contribution >= 0.6 is 0 Å². The fraction of sp³-hybridized carbons (Fsp3) is 0.611. The van der Waals surface area contributed by atoms with Crippen molar-refractivity contribution in [2.45, 2.75) is 26.4 Å². The highest BCUT2D eigenvalue weighted by Crippen LogP contribution is 2.16. The van der Waals surface area contributed by atoms with Crippen LogP contribution in [0.5, 0.6) is 0 Å². The van der Waals surface area contributed by atoms with Crippen LogP contribution in [0.15, 0.2) is 24.3 Å². The van der Waals surface area contributed by atoms with Gasteiger partial charge in [0.25, 0.3) is 0 Å². The molecule has 1 aromatic carbocycles. The molecule has 0 radical (unpaired) electrons. The summed E-state index contributed by atoms with van der Waals surface area (Å²) >= 11 is 0. The molecule has 0 aromatic heterocycles. The third-order valence-corrected chi connectivity index (χ3v) is 4.34. The number of piperazine rings is 1. The van der Waals surface area contributed by atoms with E-state index in [2.05, 4.69) is 29.7 Å². The topological polar surface area (TPSA) is 50.5 Å². The van der Waals surface area contributed by atoms with Crippen LogP contribution in [-0.4, -0.2) is 54.2 Å². The van der Waals surface area contributed by atoms with Crippen LogP contribution in [-0.2, 0) is 0 Å². The van der Waals surface area contributed by atoms with Gasteiger partial charge in [0, 0.05) is 32.7 Å². The quantitative estimate of drug-likeness (QED) is 0.875. The van der Waals surface area contributed by atoms with Crippen LogP contribution in [0.3, 0.4) is 0 Å². The Hall–Kier alpha value is -1.41. The lowest BCUT2D eigenvalue weighted by Gasteiger charge is -2.36. The minimum atomic E-state index is -0.477. The van der Waals surface area contributed by atoms with E-state index in [1.807, 2.05) is 12.1 Å². The summed E-state index contributed by atoms with van der Waals surface area (Å²) in [6, 6.07) is 9.33. The number of aliphatic hydroxyl groups excluding tert-OH is 1. The first-order chi connectivity index (χ1) is 10.6. The van der Waals surface area contributed by atoms with Gasteiger partial charge in [-0.3, -0.25) is 4.90 Å². The first-order valence-electron chi connectivity index (χ1n) is 8.21. The van der Waals surface area contributed by atoms with Gasteiger partial charge in [-0.05, 0) is 36.6 Å². The van der Waals surface area contributed by atoms with Gasteiger partial charge in [0.05, 0.1) is 17.7 Å². The van der Waals surface area contributed by atoms with E-state index in [0.717, 1.165) is 37.7 Å². The predicted octanol–water partition coefficient (Wildman–Crippen LogP) is 2.26. The van der Waals surface area contributed by atoms with Crippen LogP contribution in [0.25, 0.3) is 0 Å². The molecule has 0 saturated carbocycles. The van der Waals surface area contributed by atoms with Crippen molar-refractivity contribution < 1.29 is 5.11 Å². The molecule has 120 valence electrons. The van der Waals surface area contributed by atoms with Crippen molar-refractivity contribution in [1.82, 2.24) is 9.80 Å². The molecule has 0 bridgehead atoms. The number of nitrogens with zero attached hydrogens (tertiary/aromatic N) is 3. The zero-order valence-electron chi connectivity index (χ0n) is 13.7. The molecule has 2 rings (SSSR count). The molecular formula is C18H27N3O. The van der Waals surface area contributed by atoms with Gasteiger partial charge in [-0.15, -0.1) is 0 Å². The number of hydrogen-bond acceptors (Lipinski definition) is 4. The van der Waals surface area contributed by atoms with Gasteiger partial charge in [0.2, 0.25) is 0 Å². The van der Waals surface area contributed by atoms with E-state index in [0.29, 0.717) is 12.1 Å². The molecule has 4 nitrogen and oxygen atoms in total. The number of aliphatic hydroxyl groups is 1. The fourth-order valence-corrected chi connectivity index (χ4v) is 2.77. The Morgan fingerprint density at radius 2 is 1.68 bits per heavy atom. The molecule has 1 aromatic rings. The SMILES string of the molecule is CC(C)CCN1CCN(CC(O)c2ccc(C#N)cc2)CC1. The summed E-state index contributed by atoms with van der Waals surface area (Å²) in [5.74, 6) is 0.760. The summed E-state index contributed by atoms with van der Waals surface area (Å²) in [5, 5.41) is 19.1. The summed E-state index contributed by atoms with van der Waals surface area (Å²) in [4.78, 5) is 4.85. The molecule has 4 heteroatoms. The van der Waals surface area contributed by atoms with E-state index >= 15 is 0 Å². The standard InChI is InChI=1S/C18H27N3O/c1-15(2)7-8-20-9-11-21(12-10-20)14-18(22)17-5-3-16(13-19)4-6-17/h3-6,15,18,22H,7-12,14H2,1-2H3. The highest BCUT2D eigenvalue weighted by molar-refractivity contribution is 5.32. The largest absolute Gasteiger partial charge is 0.387 e. The van der Waals surface area contributed by atoms with Gasteiger partial charge >= 0.3 is 0 Å². The molecule has 1 aliphatic heterocycles. The van der Waals surface area contributed by atoms with E-state index < -0.39 is 6.10 Å². The van der Waals surface area contributed by atoms with Crippen LogP contribution in [0.4, 0.5) is 0 Å². The zero-order valence-corrected chi connectivity index (χ0v) is 13.7. The van der Waals surface area contributed by atoms with Crippen LogP contribution < -0.4 is 0 Å². The monoisotopic (exact) mass is 301 g/mol. The predicted molar refractivity (Wildman–Crippen MR) is 88.5 cm³/mol. The fourth-order valence-electron chi connectivity index (χ4n) is 2.77. The van der Waals surface area contributed by atoms with E-state index in [1.165, 1.54) is 13.0 Å². The molecule has 1 aliphatic rings. The summed E-state index contributed by atoms with van der Waals surface area (Å²) < 4.78 is 0. The molecule has 1 N–H and O–H groups in total. The second-order valence-corrected chi connectivity index (χ2v) is 6.57. The number of nitriles is 1. The van der Waals surface area contributed by atoms with E-state index in [-0.39, 0.29) is 0 Å². The molecule has 1 unspecified atom stereocenters. The molecule has 22 heavy (non-hydrogen) atoms. The van der Waals surface area contributed by atoms with Crippen LogP contribution in [0, 0.1) is 17.2 Å². The molecule has 1 fully saturated rings. The number of rotatable bonds is 6. The lowest BCUT2D eigenvalue weighted by molar-refractivity contribution is 0.0711. The van der Waals surface area contributed by atoms with Crippen molar-refractivity contribution >= 4 is 0 Å². The molecule has 0 amide bonds. The Morgan fingerprint density at radius 1 is 1.09 bits per heavy atom. The number of benzene rings is 1. The van der Waals surface area contributed by atoms with Gasteiger partial charge in [-0.1, -0.05) is 26.0 Å². The first-order valence-corrected chi connectivity index (χ1v) is 8.21. The maximum atomic E-state index is 10.3. The Bertz CT molecular complexity index is 484. The second-order valence-electron chi connectivity index (χ2n) is 6.57. The van der Waals surface area contributed by atoms with Gasteiger partial charge < -0.3 is 10.0 Å². The van der Waals surface area contributed by atoms with E-state index in [1.54, 1.807) is 12.1 Å². The Kier molecular flexibility index (Phi) is 6.38. The Morgan fingerprint density at radius 3 is 2.23 bits per heavy atom. The third-order valence-electron chi connectivity index (χ3n) is 4.34. The van der Waals surface area contributed by atoms with Crippen molar-refractivity contribution in [3.63, 3.8) is 0 Å². The smallest absolute Gasteiger partial charge is 0.0991 e.